The fourth-order valence-corrected chi connectivity index (χ4v) is 3.06. The predicted octanol–water partition coefficient (Wildman–Crippen LogP) is 4.66. The van der Waals surface area contributed by atoms with E-state index in [0.29, 0.717) is 11.0 Å². The Morgan fingerprint density at radius 1 is 1.25 bits per heavy atom. The van der Waals surface area contributed by atoms with Crippen molar-refractivity contribution in [3.8, 4) is 0 Å². The number of nitrogen functional groups attached to an aromatic ring is 1. The first kappa shape index (κ1) is 18.4. The molecular formula is C18H22BrN3O2. The Kier molecular flexibility index (Phi) is 5.96. The molecule has 0 saturated heterocycles. The monoisotopic (exact) mass is 391 g/mol. The normalized spacial score (nSPS) is 11.2. The average molecular weight is 392 g/mol. The van der Waals surface area contributed by atoms with Crippen LogP contribution in [0.1, 0.15) is 30.5 Å². The van der Waals surface area contributed by atoms with Crippen LogP contribution in [0.3, 0.4) is 0 Å². The van der Waals surface area contributed by atoms with Crippen LogP contribution in [0, 0.1) is 17.0 Å². The molecule has 2 rings (SSSR count). The number of nitrogens with zero attached hydrogens (tertiary/aromatic N) is 2. The van der Waals surface area contributed by atoms with E-state index in [1.165, 1.54) is 11.6 Å². The van der Waals surface area contributed by atoms with E-state index in [2.05, 4.69) is 46.8 Å². The van der Waals surface area contributed by atoms with Crippen molar-refractivity contribution in [2.75, 3.05) is 5.73 Å². The van der Waals surface area contributed by atoms with E-state index in [9.17, 15) is 10.1 Å². The number of nitrogens with two attached hydrogens (primary N) is 1. The summed E-state index contributed by atoms with van der Waals surface area (Å²) in [5, 5.41) is 11.2. The molecule has 0 aromatic heterocycles. The first-order valence-corrected chi connectivity index (χ1v) is 8.60. The summed E-state index contributed by atoms with van der Waals surface area (Å²) in [4.78, 5) is 13.1. The van der Waals surface area contributed by atoms with E-state index in [-0.39, 0.29) is 17.4 Å². The molecule has 0 heterocycles. The summed E-state index contributed by atoms with van der Waals surface area (Å²) in [7, 11) is 0. The van der Waals surface area contributed by atoms with Crippen molar-refractivity contribution in [1.29, 1.82) is 0 Å². The van der Waals surface area contributed by atoms with Gasteiger partial charge in [0, 0.05) is 35.2 Å². The molecule has 24 heavy (non-hydrogen) atoms. The van der Waals surface area contributed by atoms with Gasteiger partial charge >= 0.3 is 0 Å². The van der Waals surface area contributed by atoms with Gasteiger partial charge in [0.25, 0.3) is 5.69 Å². The van der Waals surface area contributed by atoms with Crippen LogP contribution >= 0.6 is 15.9 Å². The van der Waals surface area contributed by atoms with Crippen molar-refractivity contribution < 1.29 is 4.92 Å². The zero-order chi connectivity index (χ0) is 17.9. The number of nitro groups is 1. The predicted molar refractivity (Wildman–Crippen MR) is 101 cm³/mol. The molecule has 0 saturated carbocycles. The van der Waals surface area contributed by atoms with Gasteiger partial charge in [0.2, 0.25) is 0 Å². The molecule has 2 N–H and O–H groups in total. The third-order valence-corrected chi connectivity index (χ3v) is 5.02. The van der Waals surface area contributed by atoms with Gasteiger partial charge in [0.1, 0.15) is 5.69 Å². The number of benzene rings is 2. The van der Waals surface area contributed by atoms with E-state index in [1.54, 1.807) is 0 Å². The minimum atomic E-state index is -0.431. The highest BCUT2D eigenvalue weighted by molar-refractivity contribution is 9.10. The molecule has 2 aromatic carbocycles. The fourth-order valence-electron chi connectivity index (χ4n) is 2.60. The number of anilines is 1. The molecular weight excluding hydrogens is 370 g/mol. The lowest BCUT2D eigenvalue weighted by molar-refractivity contribution is -0.384. The van der Waals surface area contributed by atoms with E-state index < -0.39 is 4.92 Å². The van der Waals surface area contributed by atoms with E-state index in [1.807, 2.05) is 25.1 Å². The molecule has 128 valence electrons. The molecule has 6 heteroatoms. The maximum Gasteiger partial charge on any atom is 0.293 e. The number of rotatable bonds is 6. The molecule has 0 radical (unpaired) electrons. The van der Waals surface area contributed by atoms with Gasteiger partial charge in [-0.2, -0.15) is 0 Å². The highest BCUT2D eigenvalue weighted by Gasteiger charge is 2.22. The van der Waals surface area contributed by atoms with Crippen LogP contribution in [0.2, 0.25) is 0 Å². The Bertz CT molecular complexity index is 733. The summed E-state index contributed by atoms with van der Waals surface area (Å²) in [6, 6.07) is 11.9. The van der Waals surface area contributed by atoms with Crippen molar-refractivity contribution in [1.82, 2.24) is 4.90 Å². The van der Waals surface area contributed by atoms with Crippen LogP contribution in [0.25, 0.3) is 0 Å². The Morgan fingerprint density at radius 3 is 2.42 bits per heavy atom. The van der Waals surface area contributed by atoms with Crippen LogP contribution in [-0.4, -0.2) is 15.9 Å². The van der Waals surface area contributed by atoms with E-state index >= 15 is 0 Å². The van der Waals surface area contributed by atoms with Gasteiger partial charge in [-0.05, 0) is 31.9 Å². The number of halogens is 1. The van der Waals surface area contributed by atoms with Crippen LogP contribution < -0.4 is 5.73 Å². The van der Waals surface area contributed by atoms with Gasteiger partial charge in [-0.25, -0.2) is 0 Å². The maximum absolute atomic E-state index is 11.2. The molecule has 0 spiro atoms. The Labute approximate surface area is 150 Å². The topological polar surface area (TPSA) is 72.4 Å². The summed E-state index contributed by atoms with van der Waals surface area (Å²) in [6.07, 6.45) is 0. The quantitative estimate of drug-likeness (QED) is 0.441. The van der Waals surface area contributed by atoms with E-state index in [0.717, 1.165) is 17.7 Å². The number of hydrogen-bond donors (Lipinski definition) is 1. The number of nitro benzene ring substituents is 1. The first-order chi connectivity index (χ1) is 11.3. The fraction of sp³-hybridized carbons (Fsp3) is 0.333. The van der Waals surface area contributed by atoms with Gasteiger partial charge in [-0.15, -0.1) is 0 Å². The van der Waals surface area contributed by atoms with Gasteiger partial charge in [0.05, 0.1) is 4.92 Å². The minimum absolute atomic E-state index is 0.0501. The summed E-state index contributed by atoms with van der Waals surface area (Å²) < 4.78 is 0.710. The molecule has 0 bridgehead atoms. The van der Waals surface area contributed by atoms with Crippen molar-refractivity contribution >= 4 is 27.3 Å². The Morgan fingerprint density at radius 2 is 1.88 bits per heavy atom. The van der Waals surface area contributed by atoms with Crippen molar-refractivity contribution in [2.24, 2.45) is 0 Å². The van der Waals surface area contributed by atoms with Crippen molar-refractivity contribution in [3.63, 3.8) is 0 Å². The van der Waals surface area contributed by atoms with E-state index in [4.69, 9.17) is 5.73 Å². The SMILES string of the molecule is Cc1c(Br)cc([N+](=O)[O-])c(N)c1CN(Cc1ccccc1)C(C)C. The van der Waals surface area contributed by atoms with Gasteiger partial charge in [-0.3, -0.25) is 15.0 Å². The second kappa shape index (κ2) is 7.77. The number of hydrogen-bond acceptors (Lipinski definition) is 4. The zero-order valence-corrected chi connectivity index (χ0v) is 15.7. The summed E-state index contributed by atoms with van der Waals surface area (Å²) in [5.74, 6) is 0. The third kappa shape index (κ3) is 4.13. The lowest BCUT2D eigenvalue weighted by Crippen LogP contribution is -2.30. The highest BCUT2D eigenvalue weighted by atomic mass is 79.9. The molecule has 0 unspecified atom stereocenters. The molecule has 0 atom stereocenters. The van der Waals surface area contributed by atoms with Gasteiger partial charge < -0.3 is 5.73 Å². The molecule has 0 fully saturated rings. The summed E-state index contributed by atoms with van der Waals surface area (Å²) >= 11 is 3.41. The summed E-state index contributed by atoms with van der Waals surface area (Å²) in [6.45, 7) is 7.48. The van der Waals surface area contributed by atoms with Gasteiger partial charge in [-0.1, -0.05) is 46.3 Å². The third-order valence-electron chi connectivity index (χ3n) is 4.19. The average Bonchev–Trinajstić information content (AvgIpc) is 2.54. The van der Waals surface area contributed by atoms with Crippen LogP contribution in [0.5, 0.6) is 0 Å². The Balaban J connectivity index is 2.37. The minimum Gasteiger partial charge on any atom is -0.393 e. The largest absolute Gasteiger partial charge is 0.393 e. The Hall–Kier alpha value is -1.92. The van der Waals surface area contributed by atoms with Crippen LogP contribution in [-0.2, 0) is 13.1 Å². The second-order valence-corrected chi connectivity index (χ2v) is 6.99. The molecule has 0 aliphatic rings. The molecule has 0 amide bonds. The maximum atomic E-state index is 11.2. The molecule has 2 aromatic rings. The second-order valence-electron chi connectivity index (χ2n) is 6.14. The standard InChI is InChI=1S/C18H22BrN3O2/c1-12(2)21(10-14-7-5-4-6-8-14)11-15-13(3)16(19)9-17(18(15)20)22(23)24/h4-9,12H,10-11,20H2,1-3H3. The van der Waals surface area contributed by atoms with Crippen LogP contribution in [0.15, 0.2) is 40.9 Å². The smallest absolute Gasteiger partial charge is 0.293 e. The van der Waals surface area contributed by atoms with Crippen LogP contribution in [0.4, 0.5) is 11.4 Å². The van der Waals surface area contributed by atoms with Crippen molar-refractivity contribution in [3.05, 3.63) is 67.7 Å². The zero-order valence-electron chi connectivity index (χ0n) is 14.1. The molecule has 5 nitrogen and oxygen atoms in total. The van der Waals surface area contributed by atoms with Gasteiger partial charge in [0.15, 0.2) is 0 Å². The summed E-state index contributed by atoms with van der Waals surface area (Å²) in [5.41, 5.74) is 9.25. The lowest BCUT2D eigenvalue weighted by atomic mass is 10.0. The molecule has 0 aliphatic carbocycles. The lowest BCUT2D eigenvalue weighted by Gasteiger charge is -2.28. The molecule has 0 aliphatic heterocycles. The first-order valence-electron chi connectivity index (χ1n) is 7.81. The highest BCUT2D eigenvalue weighted by Crippen LogP contribution is 2.35. The van der Waals surface area contributed by atoms with Crippen molar-refractivity contribution in [2.45, 2.75) is 39.9 Å².